The number of carboxylic acid groups (broad SMARTS) is 1. The third-order valence-electron chi connectivity index (χ3n) is 3.55. The molecule has 1 aliphatic rings. The molecule has 1 atom stereocenters. The Labute approximate surface area is 138 Å². The molecule has 7 heteroatoms. The van der Waals surface area contributed by atoms with Crippen LogP contribution in [0.3, 0.4) is 0 Å². The molecule has 3 rings (SSSR count). The number of amides is 2. The van der Waals surface area contributed by atoms with Crippen LogP contribution in [0.1, 0.15) is 11.1 Å². The molecule has 0 radical (unpaired) electrons. The van der Waals surface area contributed by atoms with Crippen LogP contribution in [0.2, 0.25) is 0 Å². The van der Waals surface area contributed by atoms with Gasteiger partial charge in [0.25, 0.3) is 5.91 Å². The highest BCUT2D eigenvalue weighted by molar-refractivity contribution is 6.20. The lowest BCUT2D eigenvalue weighted by molar-refractivity contribution is -0.117. The fourth-order valence-electron chi connectivity index (χ4n) is 2.45. The predicted octanol–water partition coefficient (Wildman–Crippen LogP) is 2.08. The SMILES string of the molecule is COc1ccc2c(c1)C(c1ccccc1)=NC(NC(=O)O)C(=O)N2. The van der Waals surface area contributed by atoms with Gasteiger partial charge in [0.05, 0.1) is 18.5 Å². The van der Waals surface area contributed by atoms with Gasteiger partial charge in [-0.05, 0) is 18.2 Å². The highest BCUT2D eigenvalue weighted by atomic mass is 16.5. The number of nitrogens with one attached hydrogen (secondary N) is 2. The van der Waals surface area contributed by atoms with Crippen molar-refractivity contribution in [2.24, 2.45) is 4.99 Å². The number of nitrogens with zero attached hydrogens (tertiary/aromatic N) is 1. The van der Waals surface area contributed by atoms with Gasteiger partial charge in [0.1, 0.15) is 5.75 Å². The van der Waals surface area contributed by atoms with E-state index in [4.69, 9.17) is 9.84 Å². The molecule has 2 aromatic rings. The van der Waals surface area contributed by atoms with E-state index in [9.17, 15) is 9.59 Å². The number of benzene rings is 2. The maximum Gasteiger partial charge on any atom is 0.406 e. The fraction of sp³-hybridized carbons (Fsp3) is 0.118. The molecular weight excluding hydrogens is 310 g/mol. The van der Waals surface area contributed by atoms with Gasteiger partial charge >= 0.3 is 6.09 Å². The van der Waals surface area contributed by atoms with Crippen molar-refractivity contribution in [1.82, 2.24) is 5.32 Å². The molecule has 1 heterocycles. The van der Waals surface area contributed by atoms with Crippen LogP contribution in [0, 0.1) is 0 Å². The van der Waals surface area contributed by atoms with Gasteiger partial charge in [0.15, 0.2) is 0 Å². The summed E-state index contributed by atoms with van der Waals surface area (Å²) in [5, 5.41) is 13.8. The third kappa shape index (κ3) is 3.05. The van der Waals surface area contributed by atoms with E-state index in [2.05, 4.69) is 15.6 Å². The Morgan fingerprint density at radius 1 is 1.25 bits per heavy atom. The lowest BCUT2D eigenvalue weighted by atomic mass is 10.0. The monoisotopic (exact) mass is 325 g/mol. The highest BCUT2D eigenvalue weighted by Crippen LogP contribution is 2.27. The summed E-state index contributed by atoms with van der Waals surface area (Å²) in [5.41, 5.74) is 2.46. The summed E-state index contributed by atoms with van der Waals surface area (Å²) in [6.45, 7) is 0. The first-order valence-electron chi connectivity index (χ1n) is 7.20. The maximum absolute atomic E-state index is 12.3. The number of rotatable bonds is 3. The highest BCUT2D eigenvalue weighted by Gasteiger charge is 2.27. The molecule has 24 heavy (non-hydrogen) atoms. The molecule has 0 saturated carbocycles. The number of benzodiazepines with no additional fused rings is 1. The standard InChI is InChI=1S/C17H15N3O4/c1-24-11-7-8-13-12(9-11)14(10-5-3-2-4-6-10)19-15(16(21)18-13)20-17(22)23/h2-9,15,20H,1H3,(H,18,21)(H,22,23). The Bertz CT molecular complexity index is 818. The number of anilines is 1. The average Bonchev–Trinajstić information content (AvgIpc) is 2.72. The van der Waals surface area contributed by atoms with E-state index in [0.29, 0.717) is 22.7 Å². The van der Waals surface area contributed by atoms with Gasteiger partial charge in [-0.1, -0.05) is 30.3 Å². The molecule has 0 bridgehead atoms. The molecule has 2 aromatic carbocycles. The number of aliphatic imine (C=N–C) groups is 1. The third-order valence-corrected chi connectivity index (χ3v) is 3.55. The van der Waals surface area contributed by atoms with Crippen molar-refractivity contribution in [1.29, 1.82) is 0 Å². The van der Waals surface area contributed by atoms with E-state index in [0.717, 1.165) is 5.56 Å². The quantitative estimate of drug-likeness (QED) is 0.804. The van der Waals surface area contributed by atoms with Crippen molar-refractivity contribution in [3.05, 3.63) is 59.7 Å². The van der Waals surface area contributed by atoms with Gasteiger partial charge in [-0.15, -0.1) is 0 Å². The first kappa shape index (κ1) is 15.5. The van der Waals surface area contributed by atoms with E-state index < -0.39 is 18.2 Å². The van der Waals surface area contributed by atoms with Gasteiger partial charge in [-0.25, -0.2) is 9.79 Å². The second-order valence-corrected chi connectivity index (χ2v) is 5.10. The largest absolute Gasteiger partial charge is 0.497 e. The zero-order valence-corrected chi connectivity index (χ0v) is 12.8. The number of ether oxygens (including phenoxy) is 1. The van der Waals surface area contributed by atoms with Crippen LogP contribution in [-0.2, 0) is 4.79 Å². The average molecular weight is 325 g/mol. The Hall–Kier alpha value is -3.35. The van der Waals surface area contributed by atoms with Gasteiger partial charge in [0.2, 0.25) is 6.17 Å². The number of hydrogen-bond donors (Lipinski definition) is 3. The van der Waals surface area contributed by atoms with Crippen LogP contribution in [0.25, 0.3) is 0 Å². The molecule has 1 unspecified atom stereocenters. The Morgan fingerprint density at radius 2 is 2.00 bits per heavy atom. The van der Waals surface area contributed by atoms with E-state index in [1.165, 1.54) is 0 Å². The molecule has 122 valence electrons. The van der Waals surface area contributed by atoms with E-state index in [1.807, 2.05) is 30.3 Å². The predicted molar refractivity (Wildman–Crippen MR) is 88.7 cm³/mol. The van der Waals surface area contributed by atoms with Crippen LogP contribution < -0.4 is 15.4 Å². The Morgan fingerprint density at radius 3 is 2.67 bits per heavy atom. The van der Waals surface area contributed by atoms with Gasteiger partial charge < -0.3 is 15.2 Å². The number of methoxy groups -OCH3 is 1. The summed E-state index contributed by atoms with van der Waals surface area (Å²) in [7, 11) is 1.55. The molecule has 0 fully saturated rings. The lowest BCUT2D eigenvalue weighted by Gasteiger charge is -2.11. The molecule has 0 aromatic heterocycles. The number of fused-ring (bicyclic) bond motifs is 1. The molecule has 1 aliphatic heterocycles. The van der Waals surface area contributed by atoms with Gasteiger partial charge in [-0.2, -0.15) is 0 Å². The van der Waals surface area contributed by atoms with Crippen molar-refractivity contribution < 1.29 is 19.4 Å². The summed E-state index contributed by atoms with van der Waals surface area (Å²) in [5.74, 6) is 0.0611. The fourth-order valence-corrected chi connectivity index (χ4v) is 2.45. The van der Waals surface area contributed by atoms with Crippen molar-refractivity contribution in [3.8, 4) is 5.75 Å². The number of carbonyl (C=O) groups is 2. The summed E-state index contributed by atoms with van der Waals surface area (Å²) in [4.78, 5) is 27.6. The van der Waals surface area contributed by atoms with Crippen molar-refractivity contribution in [3.63, 3.8) is 0 Å². The normalized spacial score (nSPS) is 16.3. The number of carbonyl (C=O) groups excluding carboxylic acids is 1. The van der Waals surface area contributed by atoms with Crippen LogP contribution in [-0.4, -0.2) is 36.1 Å². The first-order chi connectivity index (χ1) is 11.6. The molecular formula is C17H15N3O4. The summed E-state index contributed by atoms with van der Waals surface area (Å²) >= 11 is 0. The van der Waals surface area contributed by atoms with Crippen LogP contribution in [0.5, 0.6) is 5.75 Å². The van der Waals surface area contributed by atoms with Gasteiger partial charge in [0, 0.05) is 11.1 Å². The molecule has 0 aliphatic carbocycles. The minimum Gasteiger partial charge on any atom is -0.497 e. The number of hydrogen-bond acceptors (Lipinski definition) is 4. The topological polar surface area (TPSA) is 100 Å². The maximum atomic E-state index is 12.3. The molecule has 0 saturated heterocycles. The lowest BCUT2D eigenvalue weighted by Crippen LogP contribution is -2.41. The van der Waals surface area contributed by atoms with Crippen molar-refractivity contribution in [2.45, 2.75) is 6.17 Å². The van der Waals surface area contributed by atoms with Crippen LogP contribution in [0.15, 0.2) is 53.5 Å². The second kappa shape index (κ2) is 6.41. The van der Waals surface area contributed by atoms with Gasteiger partial charge in [-0.3, -0.25) is 10.1 Å². The van der Waals surface area contributed by atoms with E-state index in [-0.39, 0.29) is 0 Å². The molecule has 0 spiro atoms. The van der Waals surface area contributed by atoms with Crippen molar-refractivity contribution in [2.75, 3.05) is 12.4 Å². The van der Waals surface area contributed by atoms with E-state index in [1.54, 1.807) is 25.3 Å². The molecule has 3 N–H and O–H groups in total. The zero-order chi connectivity index (χ0) is 17.1. The summed E-state index contributed by atoms with van der Waals surface area (Å²) < 4.78 is 5.25. The smallest absolute Gasteiger partial charge is 0.406 e. The summed E-state index contributed by atoms with van der Waals surface area (Å²) in [6, 6.07) is 14.4. The minimum absolute atomic E-state index is 0.501. The Kier molecular flexibility index (Phi) is 4.15. The minimum atomic E-state index is -1.32. The zero-order valence-electron chi connectivity index (χ0n) is 12.8. The molecule has 7 nitrogen and oxygen atoms in total. The Balaban J connectivity index is 2.18. The first-order valence-corrected chi connectivity index (χ1v) is 7.20. The van der Waals surface area contributed by atoms with E-state index >= 15 is 0 Å². The second-order valence-electron chi connectivity index (χ2n) is 5.10. The van der Waals surface area contributed by atoms with Crippen LogP contribution in [0.4, 0.5) is 10.5 Å². The van der Waals surface area contributed by atoms with Crippen LogP contribution >= 0.6 is 0 Å². The summed E-state index contributed by atoms with van der Waals surface area (Å²) in [6.07, 6.45) is -2.56. The molecule has 2 amide bonds. The van der Waals surface area contributed by atoms with Crippen molar-refractivity contribution >= 4 is 23.4 Å².